The predicted octanol–water partition coefficient (Wildman–Crippen LogP) is 11.3. The minimum absolute atomic E-state index is 0.591. The molecule has 0 saturated carbocycles. The number of benzene rings is 7. The zero-order chi connectivity index (χ0) is 30.6. The molecule has 11 aromatic rings. The fourth-order valence-electron chi connectivity index (χ4n) is 7.43. The number of aromatic nitrogens is 3. The van der Waals surface area contributed by atoms with Crippen molar-refractivity contribution in [3.05, 3.63) is 140 Å². The van der Waals surface area contributed by atoms with Crippen LogP contribution in [0.15, 0.2) is 148 Å². The van der Waals surface area contributed by atoms with Crippen molar-refractivity contribution < 1.29 is 8.83 Å². The molecule has 0 bridgehead atoms. The normalized spacial score (nSPS) is 12.3. The molecule has 5 nitrogen and oxygen atoms in total. The van der Waals surface area contributed by atoms with Crippen LogP contribution in [0.3, 0.4) is 0 Å². The molecule has 47 heavy (non-hydrogen) atoms. The van der Waals surface area contributed by atoms with Crippen molar-refractivity contribution in [1.82, 2.24) is 14.5 Å². The van der Waals surface area contributed by atoms with Gasteiger partial charge in [0.2, 0.25) is 5.95 Å². The summed E-state index contributed by atoms with van der Waals surface area (Å²) in [4.78, 5) is 10.5. The van der Waals surface area contributed by atoms with Gasteiger partial charge in [0.15, 0.2) is 5.58 Å². The molecule has 0 N–H and O–H groups in total. The number of fused-ring (bicyclic) bond motifs is 12. The van der Waals surface area contributed by atoms with Crippen LogP contribution in [0.1, 0.15) is 0 Å². The molecule has 0 atom stereocenters. The van der Waals surface area contributed by atoms with Crippen LogP contribution in [-0.4, -0.2) is 14.5 Å². The van der Waals surface area contributed by atoms with Gasteiger partial charge in [0.25, 0.3) is 0 Å². The van der Waals surface area contributed by atoms with E-state index in [1.165, 1.54) is 5.39 Å². The standard InChI is InChI=1S/C42H23N3O2/c1-2-10-25-22-38-33(21-24(25)9-1)29-18-17-26(23-37(29)46-38)39-32-13-3-6-14-34(32)43-42(44-39)45-35-15-7-4-11-27(35)30-19-20-31-28-12-5-8-16-36(28)47-41(31)40(30)45/h1-23H. The van der Waals surface area contributed by atoms with Crippen LogP contribution in [0.25, 0.3) is 105 Å². The topological polar surface area (TPSA) is 57.0 Å². The number of hydrogen-bond donors (Lipinski definition) is 0. The lowest BCUT2D eigenvalue weighted by molar-refractivity contribution is 0.669. The molecule has 4 heterocycles. The molecule has 7 aromatic carbocycles. The fraction of sp³-hybridized carbons (Fsp3) is 0. The molecule has 0 aliphatic rings. The summed E-state index contributed by atoms with van der Waals surface area (Å²) in [7, 11) is 0. The molecule has 0 aliphatic heterocycles. The van der Waals surface area contributed by atoms with E-state index in [1.54, 1.807) is 0 Å². The van der Waals surface area contributed by atoms with Gasteiger partial charge in [-0.15, -0.1) is 0 Å². The average Bonchev–Trinajstić information content (AvgIpc) is 3.79. The Labute approximate surface area is 266 Å². The number of para-hydroxylation sites is 3. The lowest BCUT2D eigenvalue weighted by atomic mass is 10.0. The summed E-state index contributed by atoms with van der Waals surface area (Å²) >= 11 is 0. The van der Waals surface area contributed by atoms with Crippen LogP contribution in [-0.2, 0) is 0 Å². The minimum atomic E-state index is 0.591. The van der Waals surface area contributed by atoms with E-state index in [2.05, 4.69) is 120 Å². The first-order valence-corrected chi connectivity index (χ1v) is 15.7. The minimum Gasteiger partial charge on any atom is -0.456 e. The van der Waals surface area contributed by atoms with Crippen molar-refractivity contribution in [3.8, 4) is 17.2 Å². The molecule has 0 amide bonds. The Morgan fingerprint density at radius 3 is 2.04 bits per heavy atom. The number of furan rings is 2. The largest absolute Gasteiger partial charge is 0.456 e. The molecule has 0 saturated heterocycles. The Kier molecular flexibility index (Phi) is 4.78. The Morgan fingerprint density at radius 2 is 1.13 bits per heavy atom. The Bertz CT molecular complexity index is 3090. The van der Waals surface area contributed by atoms with E-state index in [1.807, 2.05) is 24.3 Å². The molecule has 5 heteroatoms. The molecule has 0 radical (unpaired) electrons. The summed E-state index contributed by atoms with van der Waals surface area (Å²) in [6, 6.07) is 48.4. The molecule has 0 spiro atoms. The third-order valence-corrected chi connectivity index (χ3v) is 9.58. The van der Waals surface area contributed by atoms with Gasteiger partial charge in [0.1, 0.15) is 22.3 Å². The SMILES string of the molecule is c1ccc2cc3c(cc2c1)oc1cc(-c2nc(-n4c5ccccc5c5ccc6c7ccccc7oc6c54)nc4ccccc24)ccc13. The molecular weight excluding hydrogens is 578 g/mol. The highest BCUT2D eigenvalue weighted by Crippen LogP contribution is 2.41. The van der Waals surface area contributed by atoms with E-state index in [9.17, 15) is 0 Å². The maximum absolute atomic E-state index is 6.58. The Morgan fingerprint density at radius 1 is 0.447 bits per heavy atom. The highest BCUT2D eigenvalue weighted by molar-refractivity contribution is 6.21. The zero-order valence-corrected chi connectivity index (χ0v) is 24.9. The highest BCUT2D eigenvalue weighted by Gasteiger charge is 2.22. The molecule has 218 valence electrons. The van der Waals surface area contributed by atoms with Crippen molar-refractivity contribution in [3.63, 3.8) is 0 Å². The third-order valence-electron chi connectivity index (χ3n) is 9.58. The van der Waals surface area contributed by atoms with E-state index in [-0.39, 0.29) is 0 Å². The van der Waals surface area contributed by atoms with Gasteiger partial charge in [-0.1, -0.05) is 91.0 Å². The van der Waals surface area contributed by atoms with E-state index >= 15 is 0 Å². The van der Waals surface area contributed by atoms with E-state index in [0.29, 0.717) is 5.95 Å². The summed E-state index contributed by atoms with van der Waals surface area (Å²) < 4.78 is 15.2. The van der Waals surface area contributed by atoms with Crippen LogP contribution in [0, 0.1) is 0 Å². The smallest absolute Gasteiger partial charge is 0.235 e. The Hall–Kier alpha value is -6.46. The van der Waals surface area contributed by atoms with Gasteiger partial charge in [-0.25, -0.2) is 9.97 Å². The zero-order valence-electron chi connectivity index (χ0n) is 24.9. The summed E-state index contributed by atoms with van der Waals surface area (Å²) in [5, 5.41) is 9.92. The van der Waals surface area contributed by atoms with Gasteiger partial charge in [-0.05, 0) is 59.3 Å². The van der Waals surface area contributed by atoms with Crippen molar-refractivity contribution >= 4 is 87.4 Å². The highest BCUT2D eigenvalue weighted by atomic mass is 16.3. The first-order valence-electron chi connectivity index (χ1n) is 15.7. The van der Waals surface area contributed by atoms with Crippen molar-refractivity contribution in [2.75, 3.05) is 0 Å². The summed E-state index contributed by atoms with van der Waals surface area (Å²) in [5.74, 6) is 0.591. The monoisotopic (exact) mass is 601 g/mol. The Balaban J connectivity index is 1.21. The van der Waals surface area contributed by atoms with Gasteiger partial charge in [0, 0.05) is 43.3 Å². The van der Waals surface area contributed by atoms with Crippen LogP contribution >= 0.6 is 0 Å². The van der Waals surface area contributed by atoms with E-state index in [4.69, 9.17) is 18.8 Å². The van der Waals surface area contributed by atoms with Crippen LogP contribution < -0.4 is 0 Å². The van der Waals surface area contributed by atoms with Crippen molar-refractivity contribution in [1.29, 1.82) is 0 Å². The van der Waals surface area contributed by atoms with Gasteiger partial charge < -0.3 is 8.83 Å². The first kappa shape index (κ1) is 24.8. The van der Waals surface area contributed by atoms with Gasteiger partial charge in [-0.3, -0.25) is 4.57 Å². The summed E-state index contributed by atoms with van der Waals surface area (Å²) in [6.07, 6.45) is 0. The predicted molar refractivity (Wildman–Crippen MR) is 191 cm³/mol. The van der Waals surface area contributed by atoms with Crippen LogP contribution in [0.4, 0.5) is 0 Å². The molecule has 4 aromatic heterocycles. The summed E-state index contributed by atoms with van der Waals surface area (Å²) in [6.45, 7) is 0. The second-order valence-corrected chi connectivity index (χ2v) is 12.2. The first-order chi connectivity index (χ1) is 23.3. The molecule has 0 fully saturated rings. The quantitative estimate of drug-likeness (QED) is 0.198. The fourth-order valence-corrected chi connectivity index (χ4v) is 7.43. The lowest BCUT2D eigenvalue weighted by Gasteiger charge is -2.12. The number of rotatable bonds is 2. The lowest BCUT2D eigenvalue weighted by Crippen LogP contribution is -2.03. The van der Waals surface area contributed by atoms with Gasteiger partial charge >= 0.3 is 0 Å². The van der Waals surface area contributed by atoms with E-state index in [0.717, 1.165) is 93.2 Å². The number of hydrogen-bond acceptors (Lipinski definition) is 4. The van der Waals surface area contributed by atoms with Gasteiger partial charge in [0.05, 0.1) is 16.7 Å². The van der Waals surface area contributed by atoms with Crippen molar-refractivity contribution in [2.45, 2.75) is 0 Å². The van der Waals surface area contributed by atoms with Crippen LogP contribution in [0.5, 0.6) is 0 Å². The summed E-state index contributed by atoms with van der Waals surface area (Å²) in [5.41, 5.74) is 8.07. The second kappa shape index (κ2) is 9.05. The van der Waals surface area contributed by atoms with Gasteiger partial charge in [-0.2, -0.15) is 0 Å². The molecular formula is C42H23N3O2. The maximum Gasteiger partial charge on any atom is 0.235 e. The molecule has 0 unspecified atom stereocenters. The molecule has 11 rings (SSSR count). The number of nitrogens with zero attached hydrogens (tertiary/aromatic N) is 3. The van der Waals surface area contributed by atoms with Crippen molar-refractivity contribution in [2.24, 2.45) is 0 Å². The average molecular weight is 602 g/mol. The van der Waals surface area contributed by atoms with Crippen LogP contribution in [0.2, 0.25) is 0 Å². The van der Waals surface area contributed by atoms with E-state index < -0.39 is 0 Å². The second-order valence-electron chi connectivity index (χ2n) is 12.2. The maximum atomic E-state index is 6.58. The molecule has 0 aliphatic carbocycles. The third kappa shape index (κ3) is 3.43.